The van der Waals surface area contributed by atoms with E-state index in [1.807, 2.05) is 57.2 Å². The molecule has 234 valence electrons. The Bertz CT molecular complexity index is 1500. The predicted octanol–water partition coefficient (Wildman–Crippen LogP) is 6.20. The van der Waals surface area contributed by atoms with Crippen molar-refractivity contribution in [1.82, 2.24) is 4.90 Å². The second kappa shape index (κ2) is 12.7. The molecule has 0 aliphatic carbocycles. The minimum atomic E-state index is -0.755. The van der Waals surface area contributed by atoms with E-state index >= 15 is 0 Å². The van der Waals surface area contributed by atoms with Gasteiger partial charge in [-0.05, 0) is 73.9 Å². The van der Waals surface area contributed by atoms with Gasteiger partial charge >= 0.3 is 6.09 Å². The van der Waals surface area contributed by atoms with Crippen molar-refractivity contribution in [2.45, 2.75) is 58.0 Å². The Morgan fingerprint density at radius 3 is 2.23 bits per heavy atom. The van der Waals surface area contributed by atoms with E-state index in [1.54, 1.807) is 31.3 Å². The fourth-order valence-corrected chi connectivity index (χ4v) is 5.42. The first-order valence-corrected chi connectivity index (χ1v) is 14.6. The van der Waals surface area contributed by atoms with Crippen molar-refractivity contribution in [1.29, 1.82) is 0 Å². The maximum atomic E-state index is 13.0. The number of hydrogen-bond acceptors (Lipinski definition) is 8. The van der Waals surface area contributed by atoms with Crippen LogP contribution >= 0.6 is 0 Å². The van der Waals surface area contributed by atoms with Crippen LogP contribution in [0.15, 0.2) is 54.6 Å². The van der Waals surface area contributed by atoms with Gasteiger partial charge in [0, 0.05) is 37.2 Å². The molecule has 0 radical (unpaired) electrons. The largest absolute Gasteiger partial charge is 0.493 e. The maximum Gasteiger partial charge on any atom is 0.410 e. The number of carbonyl (C=O) groups excluding carboxylic acids is 2. The number of nitrogens with zero attached hydrogens (tertiary/aromatic N) is 1. The lowest BCUT2D eigenvalue weighted by atomic mass is 9.99. The zero-order valence-corrected chi connectivity index (χ0v) is 26.2. The quantitative estimate of drug-likeness (QED) is 0.340. The number of fused-ring (bicyclic) bond motifs is 1. The number of benzene rings is 3. The van der Waals surface area contributed by atoms with Gasteiger partial charge in [0.15, 0.2) is 11.5 Å². The molecule has 2 amide bonds. The molecule has 5 rings (SSSR count). The normalized spacial score (nSPS) is 15.5. The molecule has 1 fully saturated rings. The number of nitrogens with one attached hydrogen (secondary N) is 1. The van der Waals surface area contributed by atoms with E-state index in [-0.39, 0.29) is 18.4 Å². The first-order valence-electron chi connectivity index (χ1n) is 14.6. The highest BCUT2D eigenvalue weighted by molar-refractivity contribution is 5.93. The second-order valence-corrected chi connectivity index (χ2v) is 11.9. The molecule has 3 aromatic carbocycles. The Morgan fingerprint density at radius 1 is 0.909 bits per heavy atom. The third-order valence-electron chi connectivity index (χ3n) is 7.59. The van der Waals surface area contributed by atoms with Gasteiger partial charge in [-0.1, -0.05) is 18.2 Å². The van der Waals surface area contributed by atoms with Crippen molar-refractivity contribution >= 4 is 17.7 Å². The first kappa shape index (κ1) is 31.0. The summed E-state index contributed by atoms with van der Waals surface area (Å²) in [6, 6.07) is 17.2. The minimum absolute atomic E-state index is 0.131. The van der Waals surface area contributed by atoms with Gasteiger partial charge in [0.1, 0.15) is 11.4 Å². The Labute approximate surface area is 258 Å². The van der Waals surface area contributed by atoms with Crippen molar-refractivity contribution in [3.8, 4) is 34.1 Å². The van der Waals surface area contributed by atoms with Crippen LogP contribution in [0.1, 0.15) is 44.7 Å². The van der Waals surface area contributed by atoms with E-state index in [0.29, 0.717) is 55.5 Å². The summed E-state index contributed by atoms with van der Waals surface area (Å²) in [5, 5.41) is 2.99. The van der Waals surface area contributed by atoms with Gasteiger partial charge in [-0.2, -0.15) is 0 Å². The average molecular weight is 605 g/mol. The molecule has 2 aliphatic rings. The highest BCUT2D eigenvalue weighted by atomic mass is 16.7. The molecular weight excluding hydrogens is 564 g/mol. The molecule has 10 nitrogen and oxygen atoms in total. The predicted molar refractivity (Wildman–Crippen MR) is 165 cm³/mol. The van der Waals surface area contributed by atoms with Crippen LogP contribution in [-0.2, 0) is 27.3 Å². The molecule has 1 N–H and O–H groups in total. The topological polar surface area (TPSA) is 105 Å². The molecule has 1 spiro atoms. The molecule has 2 aliphatic heterocycles. The maximum absolute atomic E-state index is 13.0. The highest BCUT2D eigenvalue weighted by Crippen LogP contribution is 2.40. The van der Waals surface area contributed by atoms with Crippen LogP contribution in [0.3, 0.4) is 0 Å². The standard InChI is InChI=1S/C34H40N2O8/c1-33(2,3)44-32(38)36-14-12-34(13-15-36)42-21-25-19-24(10-11-27(25)43-34)23-8-7-9-26(20-23)35-30(37)18-22-16-28(39-4)31(41-6)29(17-22)40-5/h7-11,16-17,19-20H,12-15,18,21H2,1-6H3,(H,35,37). The molecular formula is C34H40N2O8. The fraction of sp³-hybridized carbons (Fsp3) is 0.412. The minimum Gasteiger partial charge on any atom is -0.493 e. The van der Waals surface area contributed by atoms with Crippen molar-refractivity contribution in [2.24, 2.45) is 0 Å². The molecule has 0 aromatic heterocycles. The summed E-state index contributed by atoms with van der Waals surface area (Å²) >= 11 is 0. The number of piperidine rings is 1. The Kier molecular flexibility index (Phi) is 8.92. The van der Waals surface area contributed by atoms with E-state index in [0.717, 1.165) is 28.0 Å². The van der Waals surface area contributed by atoms with Gasteiger partial charge in [0.2, 0.25) is 17.4 Å². The number of methoxy groups -OCH3 is 3. The molecule has 3 aromatic rings. The Hall–Kier alpha value is -4.44. The Balaban J connectivity index is 1.23. The summed E-state index contributed by atoms with van der Waals surface area (Å²) in [4.78, 5) is 27.1. The summed E-state index contributed by atoms with van der Waals surface area (Å²) in [6.45, 7) is 6.99. The Morgan fingerprint density at radius 2 is 1.59 bits per heavy atom. The number of rotatable bonds is 7. The number of likely N-dealkylation sites (tertiary alicyclic amines) is 1. The van der Waals surface area contributed by atoms with Gasteiger partial charge in [-0.15, -0.1) is 0 Å². The lowest BCUT2D eigenvalue weighted by Gasteiger charge is -2.44. The number of hydrogen-bond donors (Lipinski definition) is 1. The van der Waals surface area contributed by atoms with E-state index in [9.17, 15) is 9.59 Å². The lowest BCUT2D eigenvalue weighted by Crippen LogP contribution is -2.53. The summed E-state index contributed by atoms with van der Waals surface area (Å²) in [5.41, 5.74) is 3.75. The van der Waals surface area contributed by atoms with Crippen LogP contribution in [0.2, 0.25) is 0 Å². The zero-order chi connectivity index (χ0) is 31.5. The number of carbonyl (C=O) groups is 2. The monoisotopic (exact) mass is 604 g/mol. The van der Waals surface area contributed by atoms with E-state index in [4.69, 9.17) is 28.4 Å². The summed E-state index contributed by atoms with van der Waals surface area (Å²) in [5.74, 6) is 1.32. The van der Waals surface area contributed by atoms with Crippen LogP contribution in [0.4, 0.5) is 10.5 Å². The third kappa shape index (κ3) is 7.02. The number of amides is 2. The average Bonchev–Trinajstić information content (AvgIpc) is 2.99. The molecule has 2 heterocycles. The molecule has 0 unspecified atom stereocenters. The van der Waals surface area contributed by atoms with Crippen LogP contribution in [0, 0.1) is 0 Å². The number of anilines is 1. The van der Waals surface area contributed by atoms with E-state index < -0.39 is 11.4 Å². The SMILES string of the molecule is COc1cc(CC(=O)Nc2cccc(-c3ccc4c(c3)COC3(CCN(C(=O)OC(C)(C)C)CC3)O4)c2)cc(OC)c1OC. The molecule has 44 heavy (non-hydrogen) atoms. The summed E-state index contributed by atoms with van der Waals surface area (Å²) in [6.07, 6.45) is 0.940. The lowest BCUT2D eigenvalue weighted by molar-refractivity contribution is -0.226. The molecule has 10 heteroatoms. The molecule has 0 bridgehead atoms. The molecule has 0 saturated carbocycles. The van der Waals surface area contributed by atoms with Gasteiger partial charge < -0.3 is 38.6 Å². The van der Waals surface area contributed by atoms with Crippen LogP contribution < -0.4 is 24.3 Å². The van der Waals surface area contributed by atoms with Crippen molar-refractivity contribution in [2.75, 3.05) is 39.7 Å². The smallest absolute Gasteiger partial charge is 0.410 e. The summed E-state index contributed by atoms with van der Waals surface area (Å²) in [7, 11) is 4.63. The summed E-state index contributed by atoms with van der Waals surface area (Å²) < 4.78 is 34.3. The highest BCUT2D eigenvalue weighted by Gasteiger charge is 2.42. The fourth-order valence-electron chi connectivity index (χ4n) is 5.42. The molecule has 0 atom stereocenters. The zero-order valence-electron chi connectivity index (χ0n) is 26.2. The van der Waals surface area contributed by atoms with Gasteiger partial charge in [0.25, 0.3) is 0 Å². The van der Waals surface area contributed by atoms with E-state index in [1.165, 1.54) is 7.11 Å². The number of ether oxygens (including phenoxy) is 6. The van der Waals surface area contributed by atoms with Gasteiger partial charge in [0.05, 0.1) is 34.4 Å². The van der Waals surface area contributed by atoms with Crippen molar-refractivity contribution in [3.05, 3.63) is 65.7 Å². The van der Waals surface area contributed by atoms with E-state index in [2.05, 4.69) is 11.4 Å². The van der Waals surface area contributed by atoms with Crippen LogP contribution in [-0.4, -0.2) is 62.7 Å². The first-order chi connectivity index (χ1) is 21.0. The molecule has 1 saturated heterocycles. The van der Waals surface area contributed by atoms with Crippen LogP contribution in [0.25, 0.3) is 11.1 Å². The van der Waals surface area contributed by atoms with Gasteiger partial charge in [-0.3, -0.25) is 4.79 Å². The van der Waals surface area contributed by atoms with Crippen molar-refractivity contribution in [3.63, 3.8) is 0 Å². The van der Waals surface area contributed by atoms with Crippen molar-refractivity contribution < 1.29 is 38.0 Å². The third-order valence-corrected chi connectivity index (χ3v) is 7.59. The van der Waals surface area contributed by atoms with Gasteiger partial charge in [-0.25, -0.2) is 4.79 Å². The van der Waals surface area contributed by atoms with Crippen LogP contribution in [0.5, 0.6) is 23.0 Å². The second-order valence-electron chi connectivity index (χ2n) is 11.9.